The minimum absolute atomic E-state index is 0.0188. The largest absolute Gasteiger partial charge is 0.343 e. The molecule has 0 bridgehead atoms. The molecule has 1 aliphatic rings. The van der Waals surface area contributed by atoms with Crippen molar-refractivity contribution in [2.45, 2.75) is 19.4 Å². The van der Waals surface area contributed by atoms with Crippen molar-refractivity contribution in [2.75, 3.05) is 30.4 Å². The molecular formula is C16H18ClFN4OS. The van der Waals surface area contributed by atoms with Crippen LogP contribution in [0.1, 0.15) is 18.3 Å². The van der Waals surface area contributed by atoms with Crippen molar-refractivity contribution in [3.8, 4) is 0 Å². The summed E-state index contributed by atoms with van der Waals surface area (Å²) in [5.74, 6) is 0.473. The Hall–Kier alpha value is -1.73. The Morgan fingerprint density at radius 2 is 2.12 bits per heavy atom. The predicted molar refractivity (Wildman–Crippen MR) is 93.2 cm³/mol. The second kappa shape index (κ2) is 7.44. The van der Waals surface area contributed by atoms with Gasteiger partial charge >= 0.3 is 0 Å². The van der Waals surface area contributed by atoms with Crippen LogP contribution in [0.2, 0.25) is 0 Å². The van der Waals surface area contributed by atoms with Crippen LogP contribution in [0.25, 0.3) is 0 Å². The van der Waals surface area contributed by atoms with Gasteiger partial charge in [-0.2, -0.15) is 4.37 Å². The first-order valence-corrected chi connectivity index (χ1v) is 9.05. The standard InChI is InChI=1S/C16H18ClFN4OS/c1-11-10-21(6-7-22(11)15(23)9-17)16-19-14(20-24-16)8-12-2-4-13(18)5-3-12/h2-5,11H,6-10H2,1H3/t11-/m1/s1. The molecule has 2 heterocycles. The zero-order valence-electron chi connectivity index (χ0n) is 13.3. The summed E-state index contributed by atoms with van der Waals surface area (Å²) < 4.78 is 17.3. The van der Waals surface area contributed by atoms with E-state index in [4.69, 9.17) is 11.6 Å². The van der Waals surface area contributed by atoms with Crippen molar-refractivity contribution in [3.63, 3.8) is 0 Å². The third-order valence-electron chi connectivity index (χ3n) is 4.07. The monoisotopic (exact) mass is 368 g/mol. The Morgan fingerprint density at radius 1 is 1.38 bits per heavy atom. The molecule has 3 rings (SSSR count). The summed E-state index contributed by atoms with van der Waals surface area (Å²) in [5.41, 5.74) is 0.978. The van der Waals surface area contributed by atoms with Crippen LogP contribution in [0.15, 0.2) is 24.3 Å². The van der Waals surface area contributed by atoms with Gasteiger partial charge in [0.1, 0.15) is 17.5 Å². The van der Waals surface area contributed by atoms with Crippen molar-refractivity contribution >= 4 is 34.2 Å². The lowest BCUT2D eigenvalue weighted by Gasteiger charge is -2.39. The lowest BCUT2D eigenvalue weighted by molar-refractivity contribution is -0.130. The van der Waals surface area contributed by atoms with E-state index in [1.807, 2.05) is 11.8 Å². The van der Waals surface area contributed by atoms with Crippen LogP contribution in [-0.2, 0) is 11.2 Å². The van der Waals surface area contributed by atoms with Crippen molar-refractivity contribution in [1.82, 2.24) is 14.3 Å². The van der Waals surface area contributed by atoms with E-state index < -0.39 is 0 Å². The first kappa shape index (κ1) is 17.1. The average Bonchev–Trinajstić information content (AvgIpc) is 3.05. The second-order valence-corrected chi connectivity index (χ2v) is 6.81. The van der Waals surface area contributed by atoms with Gasteiger partial charge in [0.15, 0.2) is 0 Å². The maximum Gasteiger partial charge on any atom is 0.237 e. The number of hydrogen-bond donors (Lipinski definition) is 0. The van der Waals surface area contributed by atoms with Crippen LogP contribution in [0, 0.1) is 5.82 Å². The number of benzene rings is 1. The molecule has 1 amide bonds. The maximum absolute atomic E-state index is 13.0. The first-order chi connectivity index (χ1) is 11.6. The number of nitrogens with zero attached hydrogens (tertiary/aromatic N) is 4. The van der Waals surface area contributed by atoms with Crippen LogP contribution in [0.5, 0.6) is 0 Å². The van der Waals surface area contributed by atoms with E-state index in [0.29, 0.717) is 19.5 Å². The zero-order valence-corrected chi connectivity index (χ0v) is 14.9. The molecule has 1 fully saturated rings. The molecule has 1 saturated heterocycles. The highest BCUT2D eigenvalue weighted by Crippen LogP contribution is 2.22. The van der Waals surface area contributed by atoms with E-state index in [2.05, 4.69) is 14.3 Å². The number of anilines is 1. The number of amides is 1. The number of rotatable bonds is 4. The summed E-state index contributed by atoms with van der Waals surface area (Å²) >= 11 is 7.00. The van der Waals surface area contributed by atoms with Gasteiger partial charge in [0.2, 0.25) is 11.0 Å². The fourth-order valence-corrected chi connectivity index (χ4v) is 3.68. The molecule has 0 saturated carbocycles. The van der Waals surface area contributed by atoms with Gasteiger partial charge in [-0.25, -0.2) is 9.37 Å². The van der Waals surface area contributed by atoms with Gasteiger partial charge < -0.3 is 9.80 Å². The van der Waals surface area contributed by atoms with Gasteiger partial charge in [0.25, 0.3) is 0 Å². The molecule has 128 valence electrons. The Labute approximate surface area is 149 Å². The SMILES string of the molecule is C[C@@H]1CN(c2nc(Cc3ccc(F)cc3)ns2)CCN1C(=O)CCl. The van der Waals surface area contributed by atoms with E-state index in [-0.39, 0.29) is 23.6 Å². The van der Waals surface area contributed by atoms with Gasteiger partial charge in [-0.15, -0.1) is 11.6 Å². The van der Waals surface area contributed by atoms with Gasteiger partial charge in [0, 0.05) is 43.6 Å². The van der Waals surface area contributed by atoms with Crippen molar-refractivity contribution < 1.29 is 9.18 Å². The highest BCUT2D eigenvalue weighted by atomic mass is 35.5. The van der Waals surface area contributed by atoms with E-state index >= 15 is 0 Å². The van der Waals surface area contributed by atoms with Crippen LogP contribution in [-0.4, -0.2) is 51.7 Å². The fourth-order valence-electron chi connectivity index (χ4n) is 2.81. The number of hydrogen-bond acceptors (Lipinski definition) is 5. The second-order valence-electron chi connectivity index (χ2n) is 5.81. The Morgan fingerprint density at radius 3 is 2.79 bits per heavy atom. The smallest absolute Gasteiger partial charge is 0.237 e. The summed E-state index contributed by atoms with van der Waals surface area (Å²) in [6.07, 6.45) is 0.580. The molecule has 5 nitrogen and oxygen atoms in total. The van der Waals surface area contributed by atoms with Crippen LogP contribution in [0.4, 0.5) is 9.52 Å². The highest BCUT2D eigenvalue weighted by molar-refractivity contribution is 7.09. The van der Waals surface area contributed by atoms with Crippen molar-refractivity contribution in [1.29, 1.82) is 0 Å². The van der Waals surface area contributed by atoms with E-state index in [0.717, 1.165) is 23.1 Å². The number of piperazine rings is 1. The number of halogens is 2. The fraction of sp³-hybridized carbons (Fsp3) is 0.438. The molecule has 24 heavy (non-hydrogen) atoms. The Bertz CT molecular complexity index is 708. The normalized spacial score (nSPS) is 18.0. The molecule has 0 N–H and O–H groups in total. The van der Waals surface area contributed by atoms with Crippen LogP contribution in [0.3, 0.4) is 0 Å². The third kappa shape index (κ3) is 3.84. The van der Waals surface area contributed by atoms with Gasteiger partial charge in [0.05, 0.1) is 0 Å². The van der Waals surface area contributed by atoms with Crippen LogP contribution < -0.4 is 4.90 Å². The minimum Gasteiger partial charge on any atom is -0.343 e. The van der Waals surface area contributed by atoms with Crippen molar-refractivity contribution in [3.05, 3.63) is 41.5 Å². The number of aromatic nitrogens is 2. The molecule has 1 atom stereocenters. The molecule has 1 aromatic carbocycles. The predicted octanol–water partition coefficient (Wildman–Crippen LogP) is 2.54. The van der Waals surface area contributed by atoms with Crippen LogP contribution >= 0.6 is 23.1 Å². The zero-order chi connectivity index (χ0) is 17.1. The molecule has 0 unspecified atom stereocenters. The van der Waals surface area contributed by atoms with E-state index in [9.17, 15) is 9.18 Å². The highest BCUT2D eigenvalue weighted by Gasteiger charge is 2.28. The van der Waals surface area contributed by atoms with E-state index in [1.165, 1.54) is 23.7 Å². The Kier molecular flexibility index (Phi) is 5.30. The molecule has 2 aromatic rings. The lowest BCUT2D eigenvalue weighted by Crippen LogP contribution is -2.54. The number of carbonyl (C=O) groups is 1. The molecule has 0 radical (unpaired) electrons. The molecular weight excluding hydrogens is 351 g/mol. The maximum atomic E-state index is 13.0. The molecule has 1 aliphatic heterocycles. The van der Waals surface area contributed by atoms with Gasteiger partial charge in [-0.05, 0) is 24.6 Å². The molecule has 8 heteroatoms. The summed E-state index contributed by atoms with van der Waals surface area (Å²) in [6, 6.07) is 6.47. The first-order valence-electron chi connectivity index (χ1n) is 7.74. The lowest BCUT2D eigenvalue weighted by atomic mass is 10.1. The van der Waals surface area contributed by atoms with Gasteiger partial charge in [-0.3, -0.25) is 4.79 Å². The summed E-state index contributed by atoms with van der Waals surface area (Å²) in [7, 11) is 0. The number of carbonyl (C=O) groups excluding carboxylic acids is 1. The molecule has 1 aromatic heterocycles. The van der Waals surface area contributed by atoms with E-state index in [1.54, 1.807) is 12.1 Å². The van der Waals surface area contributed by atoms with Gasteiger partial charge in [-0.1, -0.05) is 12.1 Å². The minimum atomic E-state index is -0.246. The summed E-state index contributed by atoms with van der Waals surface area (Å²) in [5, 5.41) is 0.858. The third-order valence-corrected chi connectivity index (χ3v) is 5.11. The molecule has 0 spiro atoms. The quantitative estimate of drug-likeness (QED) is 0.778. The summed E-state index contributed by atoms with van der Waals surface area (Å²) in [6.45, 7) is 4.09. The number of alkyl halides is 1. The van der Waals surface area contributed by atoms with Crippen molar-refractivity contribution in [2.24, 2.45) is 0 Å². The Balaban J connectivity index is 1.63. The summed E-state index contributed by atoms with van der Waals surface area (Å²) in [4.78, 5) is 20.3. The average molecular weight is 369 g/mol. The molecule has 0 aliphatic carbocycles. The topological polar surface area (TPSA) is 49.3 Å².